The average Bonchev–Trinajstić information content (AvgIpc) is 1.67. The molecule has 0 aromatic heterocycles. The second-order valence-electron chi connectivity index (χ2n) is 2.27. The largest absolute Gasteiger partial charge is 0.240 e. The van der Waals surface area contributed by atoms with E-state index in [1.54, 1.807) is 0 Å². The molecule has 1 atom stereocenters. The van der Waals surface area contributed by atoms with Crippen molar-refractivity contribution in [1.82, 2.24) is 0 Å². The van der Waals surface area contributed by atoms with Gasteiger partial charge in [0.2, 0.25) is 0 Å². The van der Waals surface area contributed by atoms with Crippen LogP contribution in [0.5, 0.6) is 0 Å². The second-order valence-corrected chi connectivity index (χ2v) is 2.27. The summed E-state index contributed by atoms with van der Waals surface area (Å²) in [5.74, 6) is 3.12. The van der Waals surface area contributed by atoms with Crippen molar-refractivity contribution in [3.63, 3.8) is 0 Å². The van der Waals surface area contributed by atoms with Crippen LogP contribution in [0, 0.1) is 5.92 Å². The maximum absolute atomic E-state index is 3.96. The van der Waals surface area contributed by atoms with E-state index in [1.165, 1.54) is 0 Å². The summed E-state index contributed by atoms with van der Waals surface area (Å²) >= 11 is 0. The van der Waals surface area contributed by atoms with Crippen molar-refractivity contribution >= 4 is 5.87 Å². The van der Waals surface area contributed by atoms with Crippen LogP contribution in [0.25, 0.3) is 0 Å². The zero-order valence-corrected chi connectivity index (χ0v) is 5.81. The van der Waals surface area contributed by atoms with Crippen LogP contribution in [0.4, 0.5) is 0 Å². The van der Waals surface area contributed by atoms with Gasteiger partial charge in [0.25, 0.3) is 0 Å². The molecule has 0 aliphatic heterocycles. The number of aliphatic imine (C=N–C) groups is 1. The molecule has 0 N–H and O–H groups in total. The van der Waals surface area contributed by atoms with Crippen molar-refractivity contribution in [2.24, 2.45) is 10.9 Å². The van der Waals surface area contributed by atoms with Gasteiger partial charge in [-0.15, -0.1) is 0 Å². The fraction of sp³-hybridized carbons (Fsp3) is 0.714. The lowest BCUT2D eigenvalue weighted by Crippen LogP contribution is -2.05. The highest BCUT2D eigenvalue weighted by molar-refractivity contribution is 5.46. The first-order valence-electron chi connectivity index (χ1n) is 2.90. The highest BCUT2D eigenvalue weighted by Crippen LogP contribution is 2.02. The van der Waals surface area contributed by atoms with Gasteiger partial charge < -0.3 is 0 Å². The predicted molar refractivity (Wildman–Crippen MR) is 37.4 cm³/mol. The van der Waals surface area contributed by atoms with Crippen LogP contribution in [-0.2, 0) is 0 Å². The topological polar surface area (TPSA) is 12.4 Å². The van der Waals surface area contributed by atoms with Gasteiger partial charge in [0.05, 0.1) is 6.04 Å². The Hall–Kier alpha value is -0.550. The van der Waals surface area contributed by atoms with E-state index in [0.29, 0.717) is 12.0 Å². The SMILES string of the molecule is C=C=N[C@H](C)C(C)C. The molecule has 0 saturated heterocycles. The minimum atomic E-state index is 0.368. The third-order valence-corrected chi connectivity index (χ3v) is 1.26. The summed E-state index contributed by atoms with van der Waals surface area (Å²) in [6.07, 6.45) is 0. The molecule has 0 aliphatic rings. The third kappa shape index (κ3) is 2.59. The van der Waals surface area contributed by atoms with Gasteiger partial charge in [-0.3, -0.25) is 0 Å². The van der Waals surface area contributed by atoms with Crippen molar-refractivity contribution < 1.29 is 0 Å². The smallest absolute Gasteiger partial charge is 0.0588 e. The van der Waals surface area contributed by atoms with E-state index < -0.39 is 0 Å². The van der Waals surface area contributed by atoms with E-state index >= 15 is 0 Å². The van der Waals surface area contributed by atoms with E-state index in [-0.39, 0.29) is 0 Å². The molecule has 0 saturated carbocycles. The minimum Gasteiger partial charge on any atom is -0.240 e. The molecule has 1 heteroatoms. The molecule has 0 aliphatic carbocycles. The maximum atomic E-state index is 3.96. The molecule has 0 spiro atoms. The Bertz CT molecular complexity index is 99.0. The van der Waals surface area contributed by atoms with E-state index in [1.807, 2.05) is 0 Å². The standard InChI is InChI=1S/C7H13N/c1-5-8-7(4)6(2)3/h6-7H,1H2,2-4H3/t7-/m1/s1. The van der Waals surface area contributed by atoms with Crippen LogP contribution in [0.1, 0.15) is 20.8 Å². The van der Waals surface area contributed by atoms with Gasteiger partial charge in [0.15, 0.2) is 0 Å². The van der Waals surface area contributed by atoms with Crippen molar-refractivity contribution in [1.29, 1.82) is 0 Å². The first kappa shape index (κ1) is 7.45. The lowest BCUT2D eigenvalue weighted by Gasteiger charge is -2.06. The van der Waals surface area contributed by atoms with Gasteiger partial charge in [-0.2, -0.15) is 0 Å². The van der Waals surface area contributed by atoms with Gasteiger partial charge >= 0.3 is 0 Å². The second kappa shape index (κ2) is 3.45. The molecule has 8 heavy (non-hydrogen) atoms. The molecular formula is C7H13N. The quantitative estimate of drug-likeness (QED) is 0.482. The van der Waals surface area contributed by atoms with Gasteiger partial charge in [-0.05, 0) is 25.3 Å². The van der Waals surface area contributed by atoms with Gasteiger partial charge in [0.1, 0.15) is 0 Å². The fourth-order valence-corrected chi connectivity index (χ4v) is 0.293. The fourth-order valence-electron chi connectivity index (χ4n) is 0.293. The van der Waals surface area contributed by atoms with E-state index in [0.717, 1.165) is 0 Å². The summed E-state index contributed by atoms with van der Waals surface area (Å²) in [5, 5.41) is 0. The molecule has 0 rings (SSSR count). The Balaban J connectivity index is 3.63. The van der Waals surface area contributed by atoms with Crippen molar-refractivity contribution in [2.45, 2.75) is 26.8 Å². The number of nitrogens with zero attached hydrogens (tertiary/aromatic N) is 1. The van der Waals surface area contributed by atoms with Crippen LogP contribution >= 0.6 is 0 Å². The van der Waals surface area contributed by atoms with Crippen LogP contribution < -0.4 is 0 Å². The molecule has 46 valence electrons. The Morgan fingerprint density at radius 3 is 2.00 bits per heavy atom. The summed E-state index contributed by atoms with van der Waals surface area (Å²) in [5.41, 5.74) is 0. The highest BCUT2D eigenvalue weighted by atomic mass is 14.7. The van der Waals surface area contributed by atoms with E-state index in [4.69, 9.17) is 0 Å². The number of rotatable bonds is 2. The summed E-state index contributed by atoms with van der Waals surface area (Å²) in [6, 6.07) is 0.368. The van der Waals surface area contributed by atoms with Crippen molar-refractivity contribution in [2.75, 3.05) is 0 Å². The molecule has 0 aromatic rings. The lowest BCUT2D eigenvalue weighted by atomic mass is 10.1. The third-order valence-electron chi connectivity index (χ3n) is 1.26. The molecular weight excluding hydrogens is 98.1 g/mol. The molecule has 0 aromatic carbocycles. The van der Waals surface area contributed by atoms with Crippen LogP contribution in [0.15, 0.2) is 11.6 Å². The minimum absolute atomic E-state index is 0.368. The normalized spacial score (nSPS) is 13.0. The summed E-state index contributed by atoms with van der Waals surface area (Å²) in [6.45, 7) is 9.71. The molecule has 0 amide bonds. The molecule has 0 bridgehead atoms. The monoisotopic (exact) mass is 111 g/mol. The van der Waals surface area contributed by atoms with Crippen LogP contribution in [-0.4, -0.2) is 11.9 Å². The van der Waals surface area contributed by atoms with Crippen LogP contribution in [0.3, 0.4) is 0 Å². The van der Waals surface area contributed by atoms with Gasteiger partial charge in [-0.25, -0.2) is 4.99 Å². The predicted octanol–water partition coefficient (Wildman–Crippen LogP) is 1.89. The molecule has 0 heterocycles. The number of hydrogen-bond acceptors (Lipinski definition) is 1. The summed E-state index contributed by atoms with van der Waals surface area (Å²) in [7, 11) is 0. The molecule has 0 fully saturated rings. The highest BCUT2D eigenvalue weighted by Gasteiger charge is 2.01. The first-order valence-corrected chi connectivity index (χ1v) is 2.90. The number of hydrogen-bond donors (Lipinski definition) is 0. The Kier molecular flexibility index (Phi) is 3.21. The summed E-state index contributed by atoms with van der Waals surface area (Å²) < 4.78 is 0. The van der Waals surface area contributed by atoms with Gasteiger partial charge in [-0.1, -0.05) is 13.8 Å². The van der Waals surface area contributed by atoms with E-state index in [9.17, 15) is 0 Å². The first-order chi connectivity index (χ1) is 3.68. The van der Waals surface area contributed by atoms with E-state index in [2.05, 4.69) is 38.2 Å². The Morgan fingerprint density at radius 2 is 1.88 bits per heavy atom. The summed E-state index contributed by atoms with van der Waals surface area (Å²) in [4.78, 5) is 3.96. The molecule has 1 nitrogen and oxygen atoms in total. The van der Waals surface area contributed by atoms with Crippen molar-refractivity contribution in [3.8, 4) is 0 Å². The molecule has 0 radical (unpaired) electrons. The average molecular weight is 111 g/mol. The maximum Gasteiger partial charge on any atom is 0.0588 e. The Labute approximate surface area is 51.1 Å². The molecule has 0 unspecified atom stereocenters. The zero-order valence-electron chi connectivity index (χ0n) is 5.81. The Morgan fingerprint density at radius 1 is 1.38 bits per heavy atom. The zero-order chi connectivity index (χ0) is 6.57. The lowest BCUT2D eigenvalue weighted by molar-refractivity contribution is 0.533. The van der Waals surface area contributed by atoms with Gasteiger partial charge in [0, 0.05) is 0 Å². The van der Waals surface area contributed by atoms with Crippen LogP contribution in [0.2, 0.25) is 0 Å². The van der Waals surface area contributed by atoms with Crippen molar-refractivity contribution in [3.05, 3.63) is 6.58 Å².